The second kappa shape index (κ2) is 6.61. The monoisotopic (exact) mass is 373 g/mol. The van der Waals surface area contributed by atoms with Gasteiger partial charge in [0.05, 0.1) is 29.4 Å². The van der Waals surface area contributed by atoms with Gasteiger partial charge >= 0.3 is 5.97 Å². The van der Waals surface area contributed by atoms with E-state index in [1.807, 2.05) is 18.4 Å². The van der Waals surface area contributed by atoms with Gasteiger partial charge in [0.2, 0.25) is 0 Å². The van der Waals surface area contributed by atoms with Crippen LogP contribution in [0, 0.1) is 0 Å². The van der Waals surface area contributed by atoms with Crippen LogP contribution >= 0.6 is 38.9 Å². The molecule has 1 atom stereocenters. The lowest BCUT2D eigenvalue weighted by Crippen LogP contribution is -2.08. The Balaban J connectivity index is 2.24. The lowest BCUT2D eigenvalue weighted by molar-refractivity contribution is 0.0601. The van der Waals surface area contributed by atoms with Gasteiger partial charge in [-0.05, 0) is 52.5 Å². The van der Waals surface area contributed by atoms with E-state index in [0.717, 1.165) is 4.47 Å². The Hall–Kier alpha value is -1.04. The molecule has 1 aromatic carbocycles. The summed E-state index contributed by atoms with van der Waals surface area (Å²) in [6.07, 6.45) is 0. The van der Waals surface area contributed by atoms with Crippen LogP contribution in [-0.4, -0.2) is 13.1 Å². The number of thiophene rings is 1. The molecule has 1 aromatic heterocycles. The number of hydrogen-bond acceptors (Lipinski definition) is 4. The van der Waals surface area contributed by atoms with Crippen molar-refractivity contribution < 1.29 is 9.53 Å². The van der Waals surface area contributed by atoms with Crippen molar-refractivity contribution in [3.05, 3.63) is 49.6 Å². The summed E-state index contributed by atoms with van der Waals surface area (Å²) >= 11 is 11.3. The van der Waals surface area contributed by atoms with Crippen LogP contribution in [0.1, 0.15) is 28.2 Å². The normalized spacial score (nSPS) is 12.0. The fraction of sp³-hybridized carbons (Fsp3) is 0.214. The minimum absolute atomic E-state index is 0.0785. The molecule has 0 aliphatic heterocycles. The highest BCUT2D eigenvalue weighted by molar-refractivity contribution is 9.10. The molecule has 0 bridgehead atoms. The number of methoxy groups -OCH3 is 1. The molecule has 6 heteroatoms. The van der Waals surface area contributed by atoms with Gasteiger partial charge in [-0.2, -0.15) is 0 Å². The van der Waals surface area contributed by atoms with E-state index in [1.165, 1.54) is 12.0 Å². The summed E-state index contributed by atoms with van der Waals surface area (Å²) in [6.45, 7) is 2.04. The van der Waals surface area contributed by atoms with Gasteiger partial charge in [0.25, 0.3) is 0 Å². The smallest absolute Gasteiger partial charge is 0.337 e. The largest absolute Gasteiger partial charge is 0.465 e. The van der Waals surface area contributed by atoms with Gasteiger partial charge in [-0.1, -0.05) is 11.6 Å². The Bertz CT molecular complexity index is 629. The first-order chi connectivity index (χ1) is 9.52. The molecule has 0 amide bonds. The summed E-state index contributed by atoms with van der Waals surface area (Å²) in [4.78, 5) is 12.7. The molecule has 1 unspecified atom stereocenters. The molecule has 0 aliphatic rings. The fourth-order valence-corrected chi connectivity index (χ4v) is 3.69. The average Bonchev–Trinajstić information content (AvgIpc) is 2.86. The third kappa shape index (κ3) is 3.34. The first kappa shape index (κ1) is 15.4. The number of esters is 1. The number of rotatable bonds is 4. The van der Waals surface area contributed by atoms with Crippen molar-refractivity contribution in [1.82, 2.24) is 0 Å². The van der Waals surface area contributed by atoms with Gasteiger partial charge < -0.3 is 10.1 Å². The SMILES string of the molecule is COC(=O)c1ccc(Cl)c(NC(C)c2sccc2Br)c1. The molecule has 2 aromatic rings. The van der Waals surface area contributed by atoms with Gasteiger partial charge in [-0.25, -0.2) is 4.79 Å². The van der Waals surface area contributed by atoms with Crippen LogP contribution in [0.2, 0.25) is 5.02 Å². The lowest BCUT2D eigenvalue weighted by Gasteiger charge is -2.16. The number of carbonyl (C=O) groups is 1. The Morgan fingerprint density at radius 3 is 2.80 bits per heavy atom. The van der Waals surface area contributed by atoms with Crippen LogP contribution in [0.3, 0.4) is 0 Å². The van der Waals surface area contributed by atoms with Gasteiger partial charge in [-0.15, -0.1) is 11.3 Å². The van der Waals surface area contributed by atoms with Crippen molar-refractivity contribution in [2.24, 2.45) is 0 Å². The first-order valence-electron chi connectivity index (χ1n) is 5.90. The molecule has 3 nitrogen and oxygen atoms in total. The molecule has 0 fully saturated rings. The molecule has 1 heterocycles. The number of benzene rings is 1. The van der Waals surface area contributed by atoms with Gasteiger partial charge in [0, 0.05) is 9.35 Å². The van der Waals surface area contributed by atoms with Crippen molar-refractivity contribution >= 4 is 50.5 Å². The van der Waals surface area contributed by atoms with E-state index in [4.69, 9.17) is 16.3 Å². The topological polar surface area (TPSA) is 38.3 Å². The summed E-state index contributed by atoms with van der Waals surface area (Å²) in [7, 11) is 1.36. The second-order valence-corrected chi connectivity index (χ2v) is 6.39. The Morgan fingerprint density at radius 1 is 1.45 bits per heavy atom. The average molecular weight is 375 g/mol. The maximum absolute atomic E-state index is 11.5. The molecular formula is C14H13BrClNO2S. The van der Waals surface area contributed by atoms with E-state index in [1.54, 1.807) is 29.5 Å². The fourth-order valence-electron chi connectivity index (χ4n) is 1.79. The minimum atomic E-state index is -0.380. The maximum Gasteiger partial charge on any atom is 0.337 e. The molecule has 1 N–H and O–H groups in total. The molecule has 106 valence electrons. The summed E-state index contributed by atoms with van der Waals surface area (Å²) < 4.78 is 5.77. The van der Waals surface area contributed by atoms with Crippen molar-refractivity contribution in [2.75, 3.05) is 12.4 Å². The zero-order valence-corrected chi connectivity index (χ0v) is 14.1. The zero-order chi connectivity index (χ0) is 14.7. The first-order valence-corrected chi connectivity index (χ1v) is 7.95. The van der Waals surface area contributed by atoms with Crippen molar-refractivity contribution in [2.45, 2.75) is 13.0 Å². The molecule has 2 rings (SSSR count). The number of anilines is 1. The van der Waals surface area contributed by atoms with Crippen LogP contribution in [0.15, 0.2) is 34.1 Å². The van der Waals surface area contributed by atoms with Gasteiger partial charge in [0.15, 0.2) is 0 Å². The van der Waals surface area contributed by atoms with E-state index < -0.39 is 0 Å². The van der Waals surface area contributed by atoms with E-state index in [2.05, 4.69) is 21.2 Å². The standard InChI is InChI=1S/C14H13BrClNO2S/c1-8(13-10(15)5-6-20-13)17-12-7-9(14(18)19-2)3-4-11(12)16/h3-8,17H,1-2H3. The summed E-state index contributed by atoms with van der Waals surface area (Å²) in [5.41, 5.74) is 1.18. The van der Waals surface area contributed by atoms with Crippen LogP contribution in [0.25, 0.3) is 0 Å². The summed E-state index contributed by atoms with van der Waals surface area (Å²) in [5, 5.41) is 5.90. The number of carbonyl (C=O) groups excluding carboxylic acids is 1. The molecule has 0 spiro atoms. The van der Waals surface area contributed by atoms with Crippen molar-refractivity contribution in [3.8, 4) is 0 Å². The molecular weight excluding hydrogens is 362 g/mol. The minimum Gasteiger partial charge on any atom is -0.465 e. The molecule has 0 radical (unpaired) electrons. The highest BCUT2D eigenvalue weighted by Crippen LogP contribution is 2.33. The van der Waals surface area contributed by atoms with Crippen LogP contribution in [0.4, 0.5) is 5.69 Å². The van der Waals surface area contributed by atoms with E-state index in [0.29, 0.717) is 16.3 Å². The zero-order valence-electron chi connectivity index (χ0n) is 10.9. The highest BCUT2D eigenvalue weighted by Gasteiger charge is 2.14. The Labute approximate surface area is 135 Å². The molecule has 20 heavy (non-hydrogen) atoms. The van der Waals surface area contributed by atoms with E-state index >= 15 is 0 Å². The maximum atomic E-state index is 11.5. The van der Waals surface area contributed by atoms with E-state index in [9.17, 15) is 4.79 Å². The van der Waals surface area contributed by atoms with Crippen LogP contribution in [0.5, 0.6) is 0 Å². The lowest BCUT2D eigenvalue weighted by atomic mass is 10.2. The quantitative estimate of drug-likeness (QED) is 0.754. The third-order valence-corrected chi connectivity index (χ3v) is 5.18. The summed E-state index contributed by atoms with van der Waals surface area (Å²) in [6, 6.07) is 7.11. The van der Waals surface area contributed by atoms with Gasteiger partial charge in [0.1, 0.15) is 0 Å². The number of nitrogens with one attached hydrogen (secondary N) is 1. The Kier molecular flexibility index (Phi) is 5.07. The molecule has 0 aliphatic carbocycles. The van der Waals surface area contributed by atoms with Gasteiger partial charge in [-0.3, -0.25) is 0 Å². The van der Waals surface area contributed by atoms with Crippen molar-refractivity contribution in [3.63, 3.8) is 0 Å². The predicted octanol–water partition coefficient (Wildman–Crippen LogP) is 5.12. The highest BCUT2D eigenvalue weighted by atomic mass is 79.9. The van der Waals surface area contributed by atoms with Crippen LogP contribution in [-0.2, 0) is 4.74 Å². The molecule has 0 saturated heterocycles. The Morgan fingerprint density at radius 2 is 2.20 bits per heavy atom. The summed E-state index contributed by atoms with van der Waals surface area (Å²) in [5.74, 6) is -0.380. The number of hydrogen-bond donors (Lipinski definition) is 1. The second-order valence-electron chi connectivity index (χ2n) is 4.19. The number of halogens is 2. The third-order valence-electron chi connectivity index (χ3n) is 2.80. The molecule has 0 saturated carbocycles. The predicted molar refractivity (Wildman–Crippen MR) is 86.8 cm³/mol. The van der Waals surface area contributed by atoms with Crippen LogP contribution < -0.4 is 5.32 Å². The number of ether oxygens (including phenoxy) is 1. The van der Waals surface area contributed by atoms with Crippen molar-refractivity contribution in [1.29, 1.82) is 0 Å². The van der Waals surface area contributed by atoms with E-state index in [-0.39, 0.29) is 12.0 Å².